The van der Waals surface area contributed by atoms with Crippen LogP contribution in [0.1, 0.15) is 47.8 Å². The topological polar surface area (TPSA) is 12.0 Å². The average Bonchev–Trinajstić information content (AvgIpc) is 3.00. The Morgan fingerprint density at radius 2 is 2.00 bits per heavy atom. The van der Waals surface area contributed by atoms with Crippen LogP contribution in [0, 0.1) is 18.8 Å². The molecule has 0 bridgehead atoms. The van der Waals surface area contributed by atoms with Crippen molar-refractivity contribution in [3.05, 3.63) is 21.9 Å². The van der Waals surface area contributed by atoms with Crippen LogP contribution in [0.3, 0.4) is 0 Å². The highest BCUT2D eigenvalue weighted by Gasteiger charge is 2.34. The Morgan fingerprint density at radius 3 is 2.71 bits per heavy atom. The van der Waals surface area contributed by atoms with E-state index in [2.05, 4.69) is 24.4 Å². The summed E-state index contributed by atoms with van der Waals surface area (Å²) in [4.78, 5) is 3.13. The fourth-order valence-electron chi connectivity index (χ4n) is 3.77. The van der Waals surface area contributed by atoms with Gasteiger partial charge in [0.2, 0.25) is 0 Å². The minimum Gasteiger partial charge on any atom is -0.316 e. The lowest BCUT2D eigenvalue weighted by molar-refractivity contribution is 0.233. The van der Waals surface area contributed by atoms with Crippen LogP contribution in [0.25, 0.3) is 0 Å². The molecule has 2 aliphatic rings. The lowest BCUT2D eigenvalue weighted by Gasteiger charge is -2.35. The van der Waals surface area contributed by atoms with Gasteiger partial charge in [-0.3, -0.25) is 0 Å². The summed E-state index contributed by atoms with van der Waals surface area (Å²) in [7, 11) is 0. The van der Waals surface area contributed by atoms with Crippen molar-refractivity contribution in [3.63, 3.8) is 0 Å². The van der Waals surface area contributed by atoms with Crippen LogP contribution < -0.4 is 5.32 Å². The summed E-state index contributed by atoms with van der Waals surface area (Å²) in [6.07, 6.45) is 7.25. The fraction of sp³-hybridized carbons (Fsp3) is 0.733. The van der Waals surface area contributed by atoms with Crippen molar-refractivity contribution in [2.24, 2.45) is 11.8 Å². The second-order valence-corrected chi connectivity index (χ2v) is 7.08. The number of thiophene rings is 1. The third-order valence-electron chi connectivity index (χ3n) is 4.66. The summed E-state index contributed by atoms with van der Waals surface area (Å²) >= 11 is 2.03. The van der Waals surface area contributed by atoms with Crippen LogP contribution in [0.5, 0.6) is 0 Å². The lowest BCUT2D eigenvalue weighted by atomic mass is 9.76. The Kier molecular flexibility index (Phi) is 3.53. The number of nitrogens with one attached hydrogen (secondary N) is 1. The van der Waals surface area contributed by atoms with Crippen LogP contribution in [-0.4, -0.2) is 13.1 Å². The predicted octanol–water partition coefficient (Wildman–Crippen LogP) is 3.94. The van der Waals surface area contributed by atoms with E-state index < -0.39 is 0 Å². The maximum absolute atomic E-state index is 3.62. The van der Waals surface area contributed by atoms with Gasteiger partial charge in [0.1, 0.15) is 0 Å². The van der Waals surface area contributed by atoms with Gasteiger partial charge >= 0.3 is 0 Å². The summed E-state index contributed by atoms with van der Waals surface area (Å²) in [5, 5.41) is 3.62. The van der Waals surface area contributed by atoms with Crippen molar-refractivity contribution in [1.29, 1.82) is 0 Å². The standard InChI is InChI=1S/C15H23NS/c1-11-6-7-15(17-11)13-8-9-16-10-14(13)12-4-2-3-5-12/h6-7,12-14,16H,2-5,8-10H2,1H3. The van der Waals surface area contributed by atoms with Gasteiger partial charge < -0.3 is 5.32 Å². The summed E-state index contributed by atoms with van der Waals surface area (Å²) < 4.78 is 0. The molecule has 0 spiro atoms. The number of hydrogen-bond donors (Lipinski definition) is 1. The highest BCUT2D eigenvalue weighted by atomic mass is 32.1. The predicted molar refractivity (Wildman–Crippen MR) is 74.7 cm³/mol. The highest BCUT2D eigenvalue weighted by Crippen LogP contribution is 2.43. The second kappa shape index (κ2) is 5.11. The van der Waals surface area contributed by atoms with E-state index in [1.54, 1.807) is 4.88 Å². The number of piperidine rings is 1. The Balaban J connectivity index is 1.79. The summed E-state index contributed by atoms with van der Waals surface area (Å²) in [5.74, 6) is 2.75. The van der Waals surface area contributed by atoms with Gasteiger partial charge in [-0.1, -0.05) is 25.7 Å². The van der Waals surface area contributed by atoms with E-state index >= 15 is 0 Å². The van der Waals surface area contributed by atoms with Gasteiger partial charge in [-0.05, 0) is 56.3 Å². The first-order valence-electron chi connectivity index (χ1n) is 7.11. The van der Waals surface area contributed by atoms with Gasteiger partial charge in [0.15, 0.2) is 0 Å². The minimum absolute atomic E-state index is 0.845. The van der Waals surface area contributed by atoms with E-state index in [0.717, 1.165) is 17.8 Å². The van der Waals surface area contributed by atoms with E-state index in [-0.39, 0.29) is 0 Å². The molecule has 3 rings (SSSR count). The number of rotatable bonds is 2. The third kappa shape index (κ3) is 2.43. The molecule has 1 saturated heterocycles. The van der Waals surface area contributed by atoms with Gasteiger partial charge in [0, 0.05) is 9.75 Å². The molecule has 1 aromatic heterocycles. The van der Waals surface area contributed by atoms with E-state index in [0.29, 0.717) is 0 Å². The number of aryl methyl sites for hydroxylation is 1. The van der Waals surface area contributed by atoms with E-state index in [1.165, 1.54) is 50.1 Å². The van der Waals surface area contributed by atoms with Gasteiger partial charge in [-0.15, -0.1) is 11.3 Å². The zero-order valence-electron chi connectivity index (χ0n) is 10.7. The molecule has 2 fully saturated rings. The zero-order valence-corrected chi connectivity index (χ0v) is 11.6. The first kappa shape index (κ1) is 11.7. The third-order valence-corrected chi connectivity index (χ3v) is 5.79. The largest absolute Gasteiger partial charge is 0.316 e. The Bertz CT molecular complexity index is 365. The molecule has 1 N–H and O–H groups in total. The molecule has 1 aliphatic carbocycles. The smallest absolute Gasteiger partial charge is 0.00828 e. The molecule has 2 heteroatoms. The molecule has 0 amide bonds. The maximum Gasteiger partial charge on any atom is 0.00828 e. The maximum atomic E-state index is 3.62. The van der Waals surface area contributed by atoms with Crippen molar-refractivity contribution >= 4 is 11.3 Å². The molecule has 0 aromatic carbocycles. The fourth-order valence-corrected chi connectivity index (χ4v) is 4.86. The van der Waals surface area contributed by atoms with Gasteiger partial charge in [-0.2, -0.15) is 0 Å². The van der Waals surface area contributed by atoms with Crippen LogP contribution in [0.2, 0.25) is 0 Å². The molecule has 1 saturated carbocycles. The monoisotopic (exact) mass is 249 g/mol. The quantitative estimate of drug-likeness (QED) is 0.837. The molecule has 1 nitrogen and oxygen atoms in total. The normalized spacial score (nSPS) is 30.9. The van der Waals surface area contributed by atoms with E-state index in [1.807, 2.05) is 11.3 Å². The number of hydrogen-bond acceptors (Lipinski definition) is 2. The van der Waals surface area contributed by atoms with Crippen molar-refractivity contribution in [3.8, 4) is 0 Å². The van der Waals surface area contributed by atoms with E-state index in [9.17, 15) is 0 Å². The molecule has 1 aromatic rings. The van der Waals surface area contributed by atoms with Crippen LogP contribution in [-0.2, 0) is 0 Å². The Labute approximate surface area is 109 Å². The van der Waals surface area contributed by atoms with Crippen LogP contribution >= 0.6 is 11.3 Å². The minimum atomic E-state index is 0.845. The summed E-state index contributed by atoms with van der Waals surface area (Å²) in [5.41, 5.74) is 0. The van der Waals surface area contributed by atoms with Crippen LogP contribution in [0.4, 0.5) is 0 Å². The van der Waals surface area contributed by atoms with E-state index in [4.69, 9.17) is 0 Å². The Morgan fingerprint density at radius 1 is 1.18 bits per heavy atom. The van der Waals surface area contributed by atoms with Crippen molar-refractivity contribution in [2.75, 3.05) is 13.1 Å². The first-order valence-corrected chi connectivity index (χ1v) is 7.93. The van der Waals surface area contributed by atoms with Gasteiger partial charge in [0.25, 0.3) is 0 Å². The molecule has 0 radical (unpaired) electrons. The van der Waals surface area contributed by atoms with Crippen LogP contribution in [0.15, 0.2) is 12.1 Å². The lowest BCUT2D eigenvalue weighted by Crippen LogP contribution is -2.38. The van der Waals surface area contributed by atoms with Gasteiger partial charge in [-0.25, -0.2) is 0 Å². The Hall–Kier alpha value is -0.340. The first-order chi connectivity index (χ1) is 8.34. The molecule has 2 atom stereocenters. The molecule has 2 unspecified atom stereocenters. The zero-order chi connectivity index (χ0) is 11.7. The summed E-state index contributed by atoms with van der Waals surface area (Å²) in [6, 6.07) is 4.69. The molecule has 1 aliphatic heterocycles. The molecular formula is C15H23NS. The van der Waals surface area contributed by atoms with Crippen molar-refractivity contribution < 1.29 is 0 Å². The summed E-state index contributed by atoms with van der Waals surface area (Å²) in [6.45, 7) is 4.71. The molecular weight excluding hydrogens is 226 g/mol. The molecule has 94 valence electrons. The van der Waals surface area contributed by atoms with Crippen molar-refractivity contribution in [2.45, 2.75) is 44.9 Å². The van der Waals surface area contributed by atoms with Crippen molar-refractivity contribution in [1.82, 2.24) is 5.32 Å². The second-order valence-electron chi connectivity index (χ2n) is 5.76. The highest BCUT2D eigenvalue weighted by molar-refractivity contribution is 7.12. The van der Waals surface area contributed by atoms with Gasteiger partial charge in [0.05, 0.1) is 0 Å². The SMILES string of the molecule is Cc1ccc(C2CCNCC2C2CCCC2)s1. The average molecular weight is 249 g/mol. The molecule has 2 heterocycles. The molecule has 17 heavy (non-hydrogen) atoms.